The van der Waals surface area contributed by atoms with Crippen molar-refractivity contribution in [2.75, 3.05) is 12.3 Å². The van der Waals surface area contributed by atoms with Gasteiger partial charge >= 0.3 is 5.97 Å². The van der Waals surface area contributed by atoms with Crippen LogP contribution in [0.3, 0.4) is 0 Å². The van der Waals surface area contributed by atoms with Crippen molar-refractivity contribution >= 4 is 28.8 Å². The molecule has 102 valence electrons. The molecule has 1 heterocycles. The van der Waals surface area contributed by atoms with E-state index in [4.69, 9.17) is 9.52 Å². The predicted molar refractivity (Wildman–Crippen MR) is 74.5 cm³/mol. The molecule has 2 rings (SSSR count). The molecule has 0 aliphatic heterocycles. The van der Waals surface area contributed by atoms with Gasteiger partial charge in [-0.25, -0.2) is 4.98 Å². The van der Waals surface area contributed by atoms with E-state index in [0.29, 0.717) is 17.5 Å². The van der Waals surface area contributed by atoms with E-state index < -0.39 is 12.0 Å². The molecule has 2 aromatic rings. The summed E-state index contributed by atoms with van der Waals surface area (Å²) in [7, 11) is 0. The van der Waals surface area contributed by atoms with E-state index in [2.05, 4.69) is 10.3 Å². The summed E-state index contributed by atoms with van der Waals surface area (Å²) in [4.78, 5) is 15.4. The fourth-order valence-electron chi connectivity index (χ4n) is 1.60. The first-order chi connectivity index (χ1) is 9.20. The average molecular weight is 280 g/mol. The van der Waals surface area contributed by atoms with Crippen molar-refractivity contribution in [3.63, 3.8) is 0 Å². The fraction of sp³-hybridized carbons (Fsp3) is 0.385. The Labute approximate surface area is 115 Å². The molecule has 1 atom stereocenters. The quantitative estimate of drug-likeness (QED) is 0.758. The molecule has 0 saturated carbocycles. The first-order valence-corrected chi connectivity index (χ1v) is 7.14. The van der Waals surface area contributed by atoms with Crippen LogP contribution in [0, 0.1) is 0 Å². The van der Waals surface area contributed by atoms with Gasteiger partial charge in [0.1, 0.15) is 11.6 Å². The summed E-state index contributed by atoms with van der Waals surface area (Å²) >= 11 is 1.31. The van der Waals surface area contributed by atoms with Gasteiger partial charge < -0.3 is 14.8 Å². The topological polar surface area (TPSA) is 75.4 Å². The van der Waals surface area contributed by atoms with Gasteiger partial charge in [-0.1, -0.05) is 30.8 Å². The van der Waals surface area contributed by atoms with Crippen molar-refractivity contribution in [1.29, 1.82) is 0 Å². The van der Waals surface area contributed by atoms with Gasteiger partial charge in [-0.2, -0.15) is 0 Å². The summed E-state index contributed by atoms with van der Waals surface area (Å²) in [6.45, 7) is 2.69. The van der Waals surface area contributed by atoms with Crippen LogP contribution >= 0.6 is 11.8 Å². The number of carboxylic acids is 1. The second-order valence-electron chi connectivity index (χ2n) is 4.10. The fourth-order valence-corrected chi connectivity index (χ4v) is 2.48. The number of fused-ring (bicyclic) bond motifs is 1. The van der Waals surface area contributed by atoms with Crippen LogP contribution < -0.4 is 5.32 Å². The normalized spacial score (nSPS) is 12.7. The zero-order valence-electron chi connectivity index (χ0n) is 10.6. The van der Waals surface area contributed by atoms with E-state index in [-0.39, 0.29) is 0 Å². The number of thioether (sulfide) groups is 1. The maximum Gasteiger partial charge on any atom is 0.321 e. The van der Waals surface area contributed by atoms with Gasteiger partial charge in [0.05, 0.1) is 0 Å². The SMILES string of the molecule is CCCNC(CSc1nc2ccccc2o1)C(=O)O. The molecule has 0 amide bonds. The molecule has 0 fully saturated rings. The molecule has 0 bridgehead atoms. The number of oxazole rings is 1. The van der Waals surface area contributed by atoms with Gasteiger partial charge in [0.25, 0.3) is 5.22 Å². The maximum atomic E-state index is 11.1. The molecule has 0 saturated heterocycles. The Kier molecular flexibility index (Phi) is 4.81. The summed E-state index contributed by atoms with van der Waals surface area (Å²) in [6.07, 6.45) is 0.900. The Balaban J connectivity index is 1.97. The summed E-state index contributed by atoms with van der Waals surface area (Å²) < 4.78 is 5.53. The molecular formula is C13H16N2O3S. The standard InChI is InChI=1S/C13H16N2O3S/c1-2-7-14-10(12(16)17)8-19-13-15-9-5-3-4-6-11(9)18-13/h3-6,10,14H,2,7-8H2,1H3,(H,16,17). The van der Waals surface area contributed by atoms with E-state index in [0.717, 1.165) is 17.5 Å². The van der Waals surface area contributed by atoms with Crippen molar-refractivity contribution in [3.05, 3.63) is 24.3 Å². The summed E-state index contributed by atoms with van der Waals surface area (Å²) in [5, 5.41) is 12.6. The van der Waals surface area contributed by atoms with Crippen molar-refractivity contribution in [2.24, 2.45) is 0 Å². The van der Waals surface area contributed by atoms with Crippen LogP contribution in [0.15, 0.2) is 33.9 Å². The molecule has 1 unspecified atom stereocenters. The second-order valence-corrected chi connectivity index (χ2v) is 5.07. The zero-order chi connectivity index (χ0) is 13.7. The van der Waals surface area contributed by atoms with Crippen molar-refractivity contribution in [3.8, 4) is 0 Å². The third-order valence-electron chi connectivity index (χ3n) is 2.59. The lowest BCUT2D eigenvalue weighted by atomic mass is 10.3. The van der Waals surface area contributed by atoms with Crippen molar-refractivity contribution < 1.29 is 14.3 Å². The summed E-state index contributed by atoms with van der Waals surface area (Å²) in [5.74, 6) is -0.459. The first kappa shape index (κ1) is 13.9. The van der Waals surface area contributed by atoms with E-state index in [1.807, 2.05) is 31.2 Å². The van der Waals surface area contributed by atoms with Gasteiger partial charge in [-0.3, -0.25) is 4.79 Å². The molecule has 2 N–H and O–H groups in total. The van der Waals surface area contributed by atoms with Crippen molar-refractivity contribution in [2.45, 2.75) is 24.6 Å². The highest BCUT2D eigenvalue weighted by atomic mass is 32.2. The van der Waals surface area contributed by atoms with Crippen LogP contribution in [-0.4, -0.2) is 34.4 Å². The van der Waals surface area contributed by atoms with Crippen LogP contribution in [-0.2, 0) is 4.79 Å². The van der Waals surface area contributed by atoms with E-state index in [9.17, 15) is 4.79 Å². The number of rotatable bonds is 7. The molecule has 0 aliphatic carbocycles. The lowest BCUT2D eigenvalue weighted by molar-refractivity contribution is -0.138. The van der Waals surface area contributed by atoms with Gasteiger partial charge in [-0.15, -0.1) is 0 Å². The van der Waals surface area contributed by atoms with Crippen LogP contribution in [0.4, 0.5) is 0 Å². The second kappa shape index (κ2) is 6.58. The lowest BCUT2D eigenvalue weighted by Crippen LogP contribution is -2.39. The number of carboxylic acid groups (broad SMARTS) is 1. The summed E-state index contributed by atoms with van der Waals surface area (Å²) in [5.41, 5.74) is 1.51. The monoisotopic (exact) mass is 280 g/mol. The minimum atomic E-state index is -0.850. The van der Waals surface area contributed by atoms with Crippen LogP contribution in [0.1, 0.15) is 13.3 Å². The highest BCUT2D eigenvalue weighted by Crippen LogP contribution is 2.23. The molecule has 1 aromatic carbocycles. The van der Waals surface area contributed by atoms with Crippen LogP contribution in [0.2, 0.25) is 0 Å². The zero-order valence-corrected chi connectivity index (χ0v) is 11.4. The molecule has 1 aromatic heterocycles. The Morgan fingerprint density at radius 3 is 3.00 bits per heavy atom. The molecule has 6 heteroatoms. The Morgan fingerprint density at radius 1 is 1.53 bits per heavy atom. The first-order valence-electron chi connectivity index (χ1n) is 6.15. The molecule has 0 radical (unpaired) electrons. The van der Waals surface area contributed by atoms with Crippen molar-refractivity contribution in [1.82, 2.24) is 10.3 Å². The van der Waals surface area contributed by atoms with E-state index >= 15 is 0 Å². The number of nitrogens with one attached hydrogen (secondary N) is 1. The number of hydrogen-bond acceptors (Lipinski definition) is 5. The number of benzene rings is 1. The minimum absolute atomic E-state index is 0.391. The molecule has 19 heavy (non-hydrogen) atoms. The Hall–Kier alpha value is -1.53. The smallest absolute Gasteiger partial charge is 0.321 e. The molecule has 5 nitrogen and oxygen atoms in total. The van der Waals surface area contributed by atoms with E-state index in [1.54, 1.807) is 0 Å². The third kappa shape index (κ3) is 3.71. The van der Waals surface area contributed by atoms with Crippen LogP contribution in [0.5, 0.6) is 0 Å². The molecule has 0 spiro atoms. The predicted octanol–water partition coefficient (Wildman–Crippen LogP) is 2.37. The number of para-hydroxylation sites is 2. The highest BCUT2D eigenvalue weighted by Gasteiger charge is 2.18. The Morgan fingerprint density at radius 2 is 2.32 bits per heavy atom. The third-order valence-corrected chi connectivity index (χ3v) is 3.51. The van der Waals surface area contributed by atoms with Crippen LogP contribution in [0.25, 0.3) is 11.1 Å². The average Bonchev–Trinajstić information content (AvgIpc) is 2.81. The maximum absolute atomic E-state index is 11.1. The molecular weight excluding hydrogens is 264 g/mol. The van der Waals surface area contributed by atoms with Gasteiger partial charge in [0.2, 0.25) is 0 Å². The Bertz CT molecular complexity index is 523. The van der Waals surface area contributed by atoms with Gasteiger partial charge in [0.15, 0.2) is 5.58 Å². The number of hydrogen-bond donors (Lipinski definition) is 2. The van der Waals surface area contributed by atoms with E-state index in [1.165, 1.54) is 11.8 Å². The largest absolute Gasteiger partial charge is 0.480 e. The number of carbonyl (C=O) groups is 1. The highest BCUT2D eigenvalue weighted by molar-refractivity contribution is 7.99. The number of aromatic nitrogens is 1. The minimum Gasteiger partial charge on any atom is -0.480 e. The van der Waals surface area contributed by atoms with Gasteiger partial charge in [0, 0.05) is 5.75 Å². The number of nitrogens with zero attached hydrogens (tertiary/aromatic N) is 1. The summed E-state index contributed by atoms with van der Waals surface area (Å²) in [6, 6.07) is 6.90. The number of aliphatic carboxylic acids is 1. The lowest BCUT2D eigenvalue weighted by Gasteiger charge is -2.11. The van der Waals surface area contributed by atoms with Gasteiger partial charge in [-0.05, 0) is 25.1 Å². The molecule has 0 aliphatic rings.